The third-order valence-corrected chi connectivity index (χ3v) is 12.1. The van der Waals surface area contributed by atoms with Crippen molar-refractivity contribution < 1.29 is 19.4 Å². The number of hydrogen-bond acceptors (Lipinski definition) is 6. The number of hydrogen-bond donors (Lipinski definition) is 3. The number of aliphatic hydroxyl groups excluding tert-OH is 1. The molecule has 4 aliphatic carbocycles. The van der Waals surface area contributed by atoms with Gasteiger partial charge >= 0.3 is 6.03 Å². The summed E-state index contributed by atoms with van der Waals surface area (Å²) in [6.07, 6.45) is 12.9. The first-order valence-corrected chi connectivity index (χ1v) is 18.2. The number of carbonyl (C=O) groups is 1. The Morgan fingerprint density at radius 1 is 0.804 bits per heavy atom. The van der Waals surface area contributed by atoms with E-state index in [0.29, 0.717) is 6.04 Å². The molecule has 4 atom stereocenters. The SMILES string of the molecule is O=C(Nc1ccc(C2OC(CN3CCCC3CN3CCCC3)CC(c3ccc(CO)cc3)O2)cc1)NC12CC3CC(CC(C3)C1)C2. The quantitative estimate of drug-likeness (QED) is 0.299. The fraction of sp³-hybridized carbons (Fsp3) is 0.658. The van der Waals surface area contributed by atoms with E-state index in [1.807, 2.05) is 36.4 Å². The van der Waals surface area contributed by atoms with E-state index in [4.69, 9.17) is 9.47 Å². The number of rotatable bonds is 9. The first kappa shape index (κ1) is 30.8. The van der Waals surface area contributed by atoms with E-state index in [1.54, 1.807) is 0 Å². The zero-order valence-electron chi connectivity index (χ0n) is 27.2. The number of nitrogens with one attached hydrogen (secondary N) is 2. The molecule has 8 nitrogen and oxygen atoms in total. The molecule has 8 heteroatoms. The molecular formula is C38H52N4O4. The second-order valence-electron chi connectivity index (χ2n) is 15.5. The van der Waals surface area contributed by atoms with E-state index in [-0.39, 0.29) is 30.4 Å². The Bertz CT molecular complexity index is 1310. The Morgan fingerprint density at radius 3 is 2.15 bits per heavy atom. The van der Waals surface area contributed by atoms with Gasteiger partial charge in [0.05, 0.1) is 18.8 Å². The zero-order chi connectivity index (χ0) is 31.1. The molecule has 0 aromatic heterocycles. The fourth-order valence-electron chi connectivity index (χ4n) is 10.3. The summed E-state index contributed by atoms with van der Waals surface area (Å²) < 4.78 is 13.3. The number of carbonyl (C=O) groups excluding carboxylic acids is 1. The van der Waals surface area contributed by atoms with Crippen molar-refractivity contribution in [3.05, 3.63) is 65.2 Å². The molecule has 9 rings (SSSR count). The number of urea groups is 1. The third-order valence-electron chi connectivity index (χ3n) is 12.1. The molecule has 46 heavy (non-hydrogen) atoms. The molecule has 2 amide bonds. The first-order valence-electron chi connectivity index (χ1n) is 18.2. The minimum Gasteiger partial charge on any atom is -0.392 e. The molecule has 2 aromatic carbocycles. The Balaban J connectivity index is 0.937. The zero-order valence-corrected chi connectivity index (χ0v) is 27.2. The number of likely N-dealkylation sites (tertiary alicyclic amines) is 2. The van der Waals surface area contributed by atoms with Gasteiger partial charge in [0.2, 0.25) is 0 Å². The van der Waals surface area contributed by atoms with E-state index >= 15 is 0 Å². The summed E-state index contributed by atoms with van der Waals surface area (Å²) in [5.41, 5.74) is 3.76. The van der Waals surface area contributed by atoms with Gasteiger partial charge in [0.25, 0.3) is 0 Å². The highest BCUT2D eigenvalue weighted by Gasteiger charge is 2.51. The number of aliphatic hydroxyl groups is 1. The van der Waals surface area contributed by atoms with Crippen molar-refractivity contribution in [2.24, 2.45) is 17.8 Å². The van der Waals surface area contributed by atoms with E-state index in [2.05, 4.69) is 32.6 Å². The van der Waals surface area contributed by atoms with Gasteiger partial charge < -0.3 is 30.1 Å². The summed E-state index contributed by atoms with van der Waals surface area (Å²) in [6, 6.07) is 16.7. The van der Waals surface area contributed by atoms with Crippen LogP contribution in [0.4, 0.5) is 10.5 Å². The molecule has 248 valence electrons. The van der Waals surface area contributed by atoms with Crippen LogP contribution in [0.2, 0.25) is 0 Å². The maximum absolute atomic E-state index is 13.2. The van der Waals surface area contributed by atoms with Crippen LogP contribution < -0.4 is 10.6 Å². The summed E-state index contributed by atoms with van der Waals surface area (Å²) in [5, 5.41) is 16.1. The molecule has 0 spiro atoms. The molecular weight excluding hydrogens is 576 g/mol. The lowest BCUT2D eigenvalue weighted by atomic mass is 9.53. The lowest BCUT2D eigenvalue weighted by Crippen LogP contribution is -2.60. The summed E-state index contributed by atoms with van der Waals surface area (Å²) in [7, 11) is 0. The van der Waals surface area contributed by atoms with Crippen LogP contribution in [0.1, 0.15) is 99.7 Å². The molecule has 3 N–H and O–H groups in total. The fourth-order valence-corrected chi connectivity index (χ4v) is 10.3. The Hall–Kier alpha value is -2.49. The average Bonchev–Trinajstić information content (AvgIpc) is 3.73. The molecule has 7 aliphatic rings. The Kier molecular flexibility index (Phi) is 8.84. The largest absolute Gasteiger partial charge is 0.392 e. The van der Waals surface area contributed by atoms with E-state index in [9.17, 15) is 9.90 Å². The standard InChI is InChI=1S/C38H52N4O4/c43-25-26-5-7-30(8-6-26)35-19-34(24-42-15-3-4-33(42)23-41-13-1-2-14-41)45-36(46-35)31-9-11-32(12-10-31)39-37(44)40-38-20-27-16-28(21-38)18-29(17-27)22-38/h5-12,27-29,33-36,43H,1-4,13-25H2,(H2,39,40,44). The van der Waals surface area contributed by atoms with Crippen LogP contribution in [-0.2, 0) is 16.1 Å². The molecule has 4 unspecified atom stereocenters. The van der Waals surface area contributed by atoms with Gasteiger partial charge in [-0.15, -0.1) is 0 Å². The van der Waals surface area contributed by atoms with Crippen LogP contribution in [0.3, 0.4) is 0 Å². The van der Waals surface area contributed by atoms with Gasteiger partial charge in [-0.05, 0) is 125 Å². The minimum absolute atomic E-state index is 0.00915. The summed E-state index contributed by atoms with van der Waals surface area (Å²) in [6.45, 7) is 5.72. The van der Waals surface area contributed by atoms with Gasteiger partial charge in [0, 0.05) is 42.3 Å². The van der Waals surface area contributed by atoms with Crippen molar-refractivity contribution in [1.82, 2.24) is 15.1 Å². The topological polar surface area (TPSA) is 86.3 Å². The average molecular weight is 629 g/mol. The van der Waals surface area contributed by atoms with Crippen LogP contribution in [0.25, 0.3) is 0 Å². The Labute approximate surface area is 274 Å². The second-order valence-corrected chi connectivity index (χ2v) is 15.5. The van der Waals surface area contributed by atoms with Crippen LogP contribution in [0, 0.1) is 17.8 Å². The minimum atomic E-state index is -0.490. The van der Waals surface area contributed by atoms with E-state index in [0.717, 1.165) is 78.9 Å². The number of amides is 2. The molecule has 4 saturated carbocycles. The predicted octanol–water partition coefficient (Wildman–Crippen LogP) is 6.37. The maximum atomic E-state index is 13.2. The third kappa shape index (κ3) is 6.74. The number of benzene rings is 2. The van der Waals surface area contributed by atoms with Gasteiger partial charge in [-0.25, -0.2) is 4.79 Å². The van der Waals surface area contributed by atoms with Gasteiger partial charge in [-0.1, -0.05) is 36.4 Å². The van der Waals surface area contributed by atoms with Crippen LogP contribution in [0.5, 0.6) is 0 Å². The van der Waals surface area contributed by atoms with Crippen molar-refractivity contribution in [3.63, 3.8) is 0 Å². The monoisotopic (exact) mass is 628 g/mol. The van der Waals surface area contributed by atoms with Crippen molar-refractivity contribution in [3.8, 4) is 0 Å². The lowest BCUT2D eigenvalue weighted by molar-refractivity contribution is -0.253. The highest BCUT2D eigenvalue weighted by molar-refractivity contribution is 5.89. The van der Waals surface area contributed by atoms with E-state index < -0.39 is 6.29 Å². The highest BCUT2D eigenvalue weighted by Crippen LogP contribution is 2.55. The maximum Gasteiger partial charge on any atom is 0.319 e. The van der Waals surface area contributed by atoms with Crippen LogP contribution in [-0.4, -0.2) is 71.3 Å². The lowest BCUT2D eigenvalue weighted by Gasteiger charge is -2.56. The number of nitrogens with zero attached hydrogens (tertiary/aromatic N) is 2. The summed E-state index contributed by atoms with van der Waals surface area (Å²) in [5.74, 6) is 2.38. The molecule has 3 aliphatic heterocycles. The van der Waals surface area contributed by atoms with Gasteiger partial charge in [-0.2, -0.15) is 0 Å². The predicted molar refractivity (Wildman–Crippen MR) is 178 cm³/mol. The van der Waals surface area contributed by atoms with Crippen molar-refractivity contribution in [2.75, 3.05) is 38.0 Å². The van der Waals surface area contributed by atoms with Crippen molar-refractivity contribution in [1.29, 1.82) is 0 Å². The van der Waals surface area contributed by atoms with Gasteiger partial charge in [0.15, 0.2) is 6.29 Å². The van der Waals surface area contributed by atoms with Crippen molar-refractivity contribution in [2.45, 2.75) is 107 Å². The van der Waals surface area contributed by atoms with Crippen LogP contribution >= 0.6 is 0 Å². The molecule has 0 radical (unpaired) electrons. The van der Waals surface area contributed by atoms with E-state index in [1.165, 1.54) is 64.6 Å². The normalized spacial score (nSPS) is 35.9. The number of anilines is 1. The number of ether oxygens (including phenoxy) is 2. The summed E-state index contributed by atoms with van der Waals surface area (Å²) in [4.78, 5) is 18.5. The molecule has 4 bridgehead atoms. The van der Waals surface area contributed by atoms with Gasteiger partial charge in [0.1, 0.15) is 0 Å². The molecule has 2 aromatic rings. The molecule has 3 saturated heterocycles. The molecule has 3 heterocycles. The van der Waals surface area contributed by atoms with Crippen LogP contribution in [0.15, 0.2) is 48.5 Å². The van der Waals surface area contributed by atoms with Gasteiger partial charge in [-0.3, -0.25) is 4.90 Å². The smallest absolute Gasteiger partial charge is 0.319 e. The Morgan fingerprint density at radius 2 is 1.48 bits per heavy atom. The summed E-state index contributed by atoms with van der Waals surface area (Å²) >= 11 is 0. The first-order chi connectivity index (χ1) is 22.5. The second kappa shape index (κ2) is 13.2. The van der Waals surface area contributed by atoms with Crippen molar-refractivity contribution >= 4 is 11.7 Å². The molecule has 7 fully saturated rings. The highest BCUT2D eigenvalue weighted by atomic mass is 16.7.